The fraction of sp³-hybridized carbons (Fsp3) is 0.333. The molecule has 1 amide bonds. The molecule has 1 aliphatic rings. The third kappa shape index (κ3) is 4.82. The van der Waals surface area contributed by atoms with Crippen LogP contribution in [-0.2, 0) is 17.4 Å². The van der Waals surface area contributed by atoms with Crippen LogP contribution in [0.3, 0.4) is 0 Å². The van der Waals surface area contributed by atoms with Gasteiger partial charge in [0, 0.05) is 28.9 Å². The van der Waals surface area contributed by atoms with Gasteiger partial charge in [0.05, 0.1) is 17.6 Å². The lowest BCUT2D eigenvalue weighted by Crippen LogP contribution is -2.25. The van der Waals surface area contributed by atoms with Gasteiger partial charge in [0.2, 0.25) is 5.91 Å². The number of benzene rings is 1. The number of pyridine rings is 1. The number of alkyl halides is 3. The molecular weight excluding hydrogens is 467 g/mol. The molecule has 1 aliphatic carbocycles. The van der Waals surface area contributed by atoms with Crippen molar-refractivity contribution in [3.05, 3.63) is 66.1 Å². The Hall–Kier alpha value is -3.75. The fourth-order valence-electron chi connectivity index (χ4n) is 4.76. The number of carbonyl (C=O) groups is 1. The maximum atomic E-state index is 13.4. The van der Waals surface area contributed by atoms with Crippen molar-refractivity contribution in [1.29, 1.82) is 0 Å². The number of nitrogens with zero attached hydrogens (tertiary/aromatic N) is 4. The highest BCUT2D eigenvalue weighted by molar-refractivity contribution is 5.94. The summed E-state index contributed by atoms with van der Waals surface area (Å²) in [6.45, 7) is 2.04. The molecule has 0 radical (unpaired) electrons. The van der Waals surface area contributed by atoms with Gasteiger partial charge in [-0.3, -0.25) is 9.78 Å². The van der Waals surface area contributed by atoms with Gasteiger partial charge >= 0.3 is 6.18 Å². The smallest absolute Gasteiger partial charge is 0.326 e. The molecule has 4 aromatic rings. The van der Waals surface area contributed by atoms with Crippen LogP contribution < -0.4 is 5.32 Å². The van der Waals surface area contributed by atoms with Crippen molar-refractivity contribution >= 4 is 17.2 Å². The number of hydrogen-bond acceptors (Lipinski definition) is 4. The van der Waals surface area contributed by atoms with Crippen LogP contribution in [-0.4, -0.2) is 25.5 Å². The van der Waals surface area contributed by atoms with Gasteiger partial charge in [0.1, 0.15) is 0 Å². The number of carbonyl (C=O) groups excluding carboxylic acids is 1. The Morgan fingerprint density at radius 1 is 1.08 bits per heavy atom. The second-order valence-corrected chi connectivity index (χ2v) is 9.09. The third-order valence-electron chi connectivity index (χ3n) is 6.69. The molecule has 0 saturated heterocycles. The quantitative estimate of drug-likeness (QED) is 0.342. The molecule has 0 atom stereocenters. The number of halogens is 3. The van der Waals surface area contributed by atoms with Gasteiger partial charge < -0.3 is 5.32 Å². The lowest BCUT2D eigenvalue weighted by molar-refractivity contribution is -0.140. The van der Waals surface area contributed by atoms with Gasteiger partial charge in [-0.25, -0.2) is 9.50 Å². The van der Waals surface area contributed by atoms with Crippen LogP contribution in [0, 0.1) is 5.92 Å². The molecule has 0 spiro atoms. The van der Waals surface area contributed by atoms with Crippen LogP contribution in [0.4, 0.5) is 18.9 Å². The van der Waals surface area contributed by atoms with Crippen LogP contribution in [0.15, 0.2) is 54.9 Å². The van der Waals surface area contributed by atoms with Crippen LogP contribution in [0.25, 0.3) is 28.2 Å². The molecule has 0 aliphatic heterocycles. The summed E-state index contributed by atoms with van der Waals surface area (Å²) in [6.07, 6.45) is 4.15. The summed E-state index contributed by atoms with van der Waals surface area (Å²) in [5, 5.41) is 7.50. The molecule has 5 rings (SSSR count). The molecule has 3 heterocycles. The molecule has 9 heteroatoms. The predicted octanol–water partition coefficient (Wildman–Crippen LogP) is 6.56. The number of amides is 1. The summed E-state index contributed by atoms with van der Waals surface area (Å²) in [5.41, 5.74) is 2.76. The van der Waals surface area contributed by atoms with Crippen LogP contribution in [0.1, 0.15) is 50.3 Å². The number of anilines is 1. The Bertz CT molecular complexity index is 1410. The number of hydrogen-bond donors (Lipinski definition) is 1. The van der Waals surface area contributed by atoms with Crippen molar-refractivity contribution in [2.24, 2.45) is 5.92 Å². The van der Waals surface area contributed by atoms with E-state index in [4.69, 9.17) is 0 Å². The minimum Gasteiger partial charge on any atom is -0.326 e. The van der Waals surface area contributed by atoms with E-state index in [0.29, 0.717) is 11.3 Å². The summed E-state index contributed by atoms with van der Waals surface area (Å²) in [4.78, 5) is 21.0. The first-order chi connectivity index (χ1) is 17.3. The first kappa shape index (κ1) is 24.0. The first-order valence-corrected chi connectivity index (χ1v) is 12.2. The summed E-state index contributed by atoms with van der Waals surface area (Å²) in [7, 11) is 0. The summed E-state index contributed by atoms with van der Waals surface area (Å²) in [5.74, 6) is 0.0961. The van der Waals surface area contributed by atoms with Gasteiger partial charge in [0.25, 0.3) is 0 Å². The van der Waals surface area contributed by atoms with Crippen molar-refractivity contribution < 1.29 is 18.0 Å². The van der Waals surface area contributed by atoms with E-state index in [9.17, 15) is 18.0 Å². The normalized spacial score (nSPS) is 14.8. The minimum absolute atomic E-state index is 0.0407. The molecule has 1 aromatic carbocycles. The number of nitrogens with one attached hydrogen (secondary N) is 1. The molecule has 36 heavy (non-hydrogen) atoms. The van der Waals surface area contributed by atoms with Crippen molar-refractivity contribution in [3.8, 4) is 22.5 Å². The SMILES string of the molecule is CCc1ccc(-c2cn3nc(-c4cccnc4C(F)(F)F)ccc3n2)cc1NC(=O)C1CCCCC1. The molecular formula is C27H26F3N5O. The Morgan fingerprint density at radius 3 is 2.64 bits per heavy atom. The van der Waals surface area contributed by atoms with E-state index in [2.05, 4.69) is 20.4 Å². The Balaban J connectivity index is 1.47. The molecule has 0 bridgehead atoms. The number of aryl methyl sites for hydroxylation is 1. The highest BCUT2D eigenvalue weighted by Crippen LogP contribution is 2.35. The van der Waals surface area contributed by atoms with E-state index in [-0.39, 0.29) is 23.1 Å². The van der Waals surface area contributed by atoms with Gasteiger partial charge in [-0.05, 0) is 55.2 Å². The maximum Gasteiger partial charge on any atom is 0.434 e. The maximum absolute atomic E-state index is 13.4. The number of aromatic nitrogens is 4. The zero-order valence-electron chi connectivity index (χ0n) is 19.8. The molecule has 1 N–H and O–H groups in total. The topological polar surface area (TPSA) is 72.2 Å². The molecule has 186 valence electrons. The fourth-order valence-corrected chi connectivity index (χ4v) is 4.76. The number of imidazole rings is 1. The zero-order chi connectivity index (χ0) is 25.3. The van der Waals surface area contributed by atoms with Gasteiger partial charge in [-0.2, -0.15) is 18.3 Å². The van der Waals surface area contributed by atoms with Crippen molar-refractivity contribution in [3.63, 3.8) is 0 Å². The van der Waals surface area contributed by atoms with Crippen LogP contribution in [0.5, 0.6) is 0 Å². The highest BCUT2D eigenvalue weighted by atomic mass is 19.4. The average molecular weight is 494 g/mol. The molecule has 0 unspecified atom stereocenters. The molecule has 6 nitrogen and oxygen atoms in total. The average Bonchev–Trinajstić information content (AvgIpc) is 3.32. The second kappa shape index (κ2) is 9.72. The van der Waals surface area contributed by atoms with E-state index < -0.39 is 11.9 Å². The Morgan fingerprint density at radius 2 is 1.89 bits per heavy atom. The monoisotopic (exact) mass is 493 g/mol. The largest absolute Gasteiger partial charge is 0.434 e. The van der Waals surface area contributed by atoms with Crippen molar-refractivity contribution in [2.75, 3.05) is 5.32 Å². The first-order valence-electron chi connectivity index (χ1n) is 12.2. The van der Waals surface area contributed by atoms with E-state index >= 15 is 0 Å². The standard InChI is InChI=1S/C27H26F3N5O/c1-2-17-10-11-19(15-22(17)33-26(36)18-7-4-3-5-8-18)23-16-35-24(32-23)13-12-21(34-35)20-9-6-14-31-25(20)27(28,29)30/h6,9-16,18H,2-5,7-8H2,1H3,(H,33,36). The summed E-state index contributed by atoms with van der Waals surface area (Å²) < 4.78 is 41.8. The van der Waals surface area contributed by atoms with Gasteiger partial charge in [0.15, 0.2) is 11.3 Å². The highest BCUT2D eigenvalue weighted by Gasteiger charge is 2.35. The van der Waals surface area contributed by atoms with Gasteiger partial charge in [-0.1, -0.05) is 38.3 Å². The van der Waals surface area contributed by atoms with Crippen molar-refractivity contribution in [2.45, 2.75) is 51.6 Å². The van der Waals surface area contributed by atoms with Crippen LogP contribution in [0.2, 0.25) is 0 Å². The Labute approximate surface area is 206 Å². The molecule has 1 saturated carbocycles. The van der Waals surface area contributed by atoms with Crippen molar-refractivity contribution in [1.82, 2.24) is 19.6 Å². The number of fused-ring (bicyclic) bond motifs is 1. The molecule has 1 fully saturated rings. The Kier molecular flexibility index (Phi) is 6.47. The van der Waals surface area contributed by atoms with E-state index in [1.807, 2.05) is 25.1 Å². The predicted molar refractivity (Wildman–Crippen MR) is 131 cm³/mol. The minimum atomic E-state index is -4.59. The summed E-state index contributed by atoms with van der Waals surface area (Å²) >= 11 is 0. The van der Waals surface area contributed by atoms with E-state index in [1.165, 1.54) is 29.1 Å². The van der Waals surface area contributed by atoms with Crippen LogP contribution >= 0.6 is 0 Å². The zero-order valence-corrected chi connectivity index (χ0v) is 19.8. The molecule has 3 aromatic heterocycles. The second-order valence-electron chi connectivity index (χ2n) is 9.09. The lowest BCUT2D eigenvalue weighted by Gasteiger charge is -2.21. The van der Waals surface area contributed by atoms with E-state index in [1.54, 1.807) is 12.3 Å². The van der Waals surface area contributed by atoms with E-state index in [0.717, 1.165) is 55.1 Å². The summed E-state index contributed by atoms with van der Waals surface area (Å²) in [6, 6.07) is 11.8. The number of rotatable bonds is 5. The van der Waals surface area contributed by atoms with Gasteiger partial charge in [-0.15, -0.1) is 0 Å². The third-order valence-corrected chi connectivity index (χ3v) is 6.69. The lowest BCUT2D eigenvalue weighted by atomic mass is 9.88.